The highest BCUT2D eigenvalue weighted by atomic mass is 32.2. The molecule has 1 atom stereocenters. The molecule has 2 aliphatic heterocycles. The fourth-order valence-electron chi connectivity index (χ4n) is 4.36. The molecular weight excluding hydrogens is 372 g/mol. The van der Waals surface area contributed by atoms with Crippen molar-refractivity contribution in [1.29, 1.82) is 0 Å². The molecule has 6 heteroatoms. The molecule has 2 saturated heterocycles. The molecule has 4 rings (SSSR count). The maximum Gasteiger partial charge on any atom is 0.243 e. The lowest BCUT2D eigenvalue weighted by Gasteiger charge is -2.36. The second-order valence-corrected chi connectivity index (χ2v) is 9.75. The van der Waals surface area contributed by atoms with E-state index in [2.05, 4.69) is 4.90 Å². The van der Waals surface area contributed by atoms with E-state index in [0.717, 1.165) is 42.6 Å². The third kappa shape index (κ3) is 3.52. The monoisotopic (exact) mass is 398 g/mol. The predicted octanol–water partition coefficient (Wildman–Crippen LogP) is 3.33. The van der Waals surface area contributed by atoms with Crippen molar-refractivity contribution in [2.45, 2.75) is 37.6 Å². The first-order valence-electron chi connectivity index (χ1n) is 9.82. The summed E-state index contributed by atoms with van der Waals surface area (Å²) in [6, 6.07) is 13.1. The van der Waals surface area contributed by atoms with Gasteiger partial charge in [-0.3, -0.25) is 9.69 Å². The number of fused-ring (bicyclic) bond motifs is 1. The Hall–Kier alpha value is -2.02. The number of nitrogens with zero attached hydrogens (tertiary/aromatic N) is 2. The van der Waals surface area contributed by atoms with Gasteiger partial charge >= 0.3 is 0 Å². The summed E-state index contributed by atoms with van der Waals surface area (Å²) in [5.74, 6) is 0.0183. The number of hydrogen-bond acceptors (Lipinski definition) is 4. The number of carbonyl (C=O) groups is 1. The SMILES string of the molecule is CC(=O)c1cccc(-c2ccc(S(=O)(=O)N3CCN4CCCC4C3)cc2C)c1. The summed E-state index contributed by atoms with van der Waals surface area (Å²) in [7, 11) is -3.49. The van der Waals surface area contributed by atoms with Gasteiger partial charge < -0.3 is 0 Å². The third-order valence-electron chi connectivity index (χ3n) is 5.97. The van der Waals surface area contributed by atoms with Crippen LogP contribution in [0.15, 0.2) is 47.4 Å². The number of benzene rings is 2. The number of piperazine rings is 1. The molecule has 2 aliphatic rings. The molecule has 0 N–H and O–H groups in total. The van der Waals surface area contributed by atoms with E-state index in [0.29, 0.717) is 29.6 Å². The van der Waals surface area contributed by atoms with Crippen LogP contribution >= 0.6 is 0 Å². The Bertz CT molecular complexity index is 1020. The van der Waals surface area contributed by atoms with Crippen molar-refractivity contribution < 1.29 is 13.2 Å². The van der Waals surface area contributed by atoms with Crippen LogP contribution in [-0.2, 0) is 10.0 Å². The lowest BCUT2D eigenvalue weighted by atomic mass is 9.98. The van der Waals surface area contributed by atoms with Gasteiger partial charge in [-0.25, -0.2) is 8.42 Å². The van der Waals surface area contributed by atoms with Crippen molar-refractivity contribution in [1.82, 2.24) is 9.21 Å². The summed E-state index contributed by atoms with van der Waals surface area (Å²) >= 11 is 0. The number of carbonyl (C=O) groups excluding carboxylic acids is 1. The van der Waals surface area contributed by atoms with E-state index in [1.807, 2.05) is 31.2 Å². The first-order valence-corrected chi connectivity index (χ1v) is 11.3. The first-order chi connectivity index (χ1) is 13.4. The second-order valence-electron chi connectivity index (χ2n) is 7.81. The maximum absolute atomic E-state index is 13.2. The van der Waals surface area contributed by atoms with Gasteiger partial charge in [-0.1, -0.05) is 24.3 Å². The number of rotatable bonds is 4. The largest absolute Gasteiger partial charge is 0.298 e. The molecule has 148 valence electrons. The topological polar surface area (TPSA) is 57.7 Å². The van der Waals surface area contributed by atoms with Crippen LogP contribution in [0, 0.1) is 6.92 Å². The van der Waals surface area contributed by atoms with Crippen LogP contribution in [0.3, 0.4) is 0 Å². The molecule has 0 spiro atoms. The molecule has 28 heavy (non-hydrogen) atoms. The van der Waals surface area contributed by atoms with Gasteiger partial charge in [0.15, 0.2) is 5.78 Å². The van der Waals surface area contributed by atoms with Crippen LogP contribution in [0.2, 0.25) is 0 Å². The summed E-state index contributed by atoms with van der Waals surface area (Å²) < 4.78 is 28.0. The molecule has 0 aliphatic carbocycles. The standard InChI is InChI=1S/C22H26N2O3S/c1-16-13-21(8-9-22(16)19-6-3-5-18(14-19)17(2)25)28(26,27)24-12-11-23-10-4-7-20(23)15-24/h3,5-6,8-9,13-14,20H,4,7,10-12,15H2,1-2H3. The summed E-state index contributed by atoms with van der Waals surface area (Å²) in [6.07, 6.45) is 2.24. The van der Waals surface area contributed by atoms with Crippen molar-refractivity contribution in [2.24, 2.45) is 0 Å². The summed E-state index contributed by atoms with van der Waals surface area (Å²) in [5, 5.41) is 0. The first kappa shape index (κ1) is 19.3. The van der Waals surface area contributed by atoms with E-state index in [4.69, 9.17) is 0 Å². The summed E-state index contributed by atoms with van der Waals surface area (Å²) in [5.41, 5.74) is 3.42. The molecule has 1 unspecified atom stereocenters. The Morgan fingerprint density at radius 1 is 1.07 bits per heavy atom. The van der Waals surface area contributed by atoms with E-state index in [1.54, 1.807) is 29.4 Å². The van der Waals surface area contributed by atoms with Crippen LogP contribution in [-0.4, -0.2) is 55.6 Å². The van der Waals surface area contributed by atoms with Crippen molar-refractivity contribution in [3.8, 4) is 11.1 Å². The fraction of sp³-hybridized carbons (Fsp3) is 0.409. The minimum atomic E-state index is -3.49. The zero-order valence-corrected chi connectivity index (χ0v) is 17.2. The van der Waals surface area contributed by atoms with Crippen molar-refractivity contribution >= 4 is 15.8 Å². The molecule has 5 nitrogen and oxygen atoms in total. The van der Waals surface area contributed by atoms with Crippen molar-refractivity contribution in [2.75, 3.05) is 26.2 Å². The molecule has 0 amide bonds. The van der Waals surface area contributed by atoms with E-state index in [-0.39, 0.29) is 5.78 Å². The van der Waals surface area contributed by atoms with Gasteiger partial charge in [-0.05, 0) is 68.1 Å². The van der Waals surface area contributed by atoms with Crippen LogP contribution in [0.4, 0.5) is 0 Å². The number of sulfonamides is 1. The average molecular weight is 399 g/mol. The summed E-state index contributed by atoms with van der Waals surface area (Å²) in [4.78, 5) is 14.4. The lowest BCUT2D eigenvalue weighted by molar-refractivity contribution is 0.101. The van der Waals surface area contributed by atoms with Crippen LogP contribution in [0.25, 0.3) is 11.1 Å². The Morgan fingerprint density at radius 3 is 2.64 bits per heavy atom. The van der Waals surface area contributed by atoms with Gasteiger partial charge in [0.25, 0.3) is 0 Å². The Balaban J connectivity index is 1.62. The van der Waals surface area contributed by atoms with Crippen molar-refractivity contribution in [3.05, 3.63) is 53.6 Å². The van der Waals surface area contributed by atoms with Gasteiger partial charge in [0.05, 0.1) is 4.90 Å². The summed E-state index contributed by atoms with van der Waals surface area (Å²) in [6.45, 7) is 6.52. The fourth-order valence-corrected chi connectivity index (χ4v) is 5.91. The number of ketones is 1. The molecule has 0 aromatic heterocycles. The predicted molar refractivity (Wildman–Crippen MR) is 110 cm³/mol. The molecule has 2 aromatic carbocycles. The molecule has 2 fully saturated rings. The quantitative estimate of drug-likeness (QED) is 0.742. The molecular formula is C22H26N2O3S. The average Bonchev–Trinajstić information content (AvgIpc) is 3.15. The van der Waals surface area contributed by atoms with Gasteiger partial charge in [0.2, 0.25) is 10.0 Å². The molecule has 2 aromatic rings. The van der Waals surface area contributed by atoms with Gasteiger partial charge in [0.1, 0.15) is 0 Å². The highest BCUT2D eigenvalue weighted by Gasteiger charge is 2.36. The zero-order valence-electron chi connectivity index (χ0n) is 16.4. The number of Topliss-reactive ketones (excluding diaryl/α,β-unsaturated/α-hetero) is 1. The maximum atomic E-state index is 13.2. The van der Waals surface area contributed by atoms with Gasteiger partial charge in [0, 0.05) is 31.2 Å². The lowest BCUT2D eigenvalue weighted by Crippen LogP contribution is -2.51. The smallest absolute Gasteiger partial charge is 0.243 e. The van der Waals surface area contributed by atoms with Crippen molar-refractivity contribution in [3.63, 3.8) is 0 Å². The second kappa shape index (κ2) is 7.43. The minimum Gasteiger partial charge on any atom is -0.298 e. The molecule has 0 saturated carbocycles. The molecule has 0 radical (unpaired) electrons. The van der Waals surface area contributed by atoms with Crippen LogP contribution in [0.1, 0.15) is 35.7 Å². The van der Waals surface area contributed by atoms with Crippen LogP contribution < -0.4 is 0 Å². The highest BCUT2D eigenvalue weighted by molar-refractivity contribution is 7.89. The molecule has 2 heterocycles. The Morgan fingerprint density at radius 2 is 1.89 bits per heavy atom. The Kier molecular flexibility index (Phi) is 5.12. The van der Waals surface area contributed by atoms with E-state index in [9.17, 15) is 13.2 Å². The van der Waals surface area contributed by atoms with E-state index in [1.165, 1.54) is 0 Å². The Labute approximate surface area is 167 Å². The number of hydrogen-bond donors (Lipinski definition) is 0. The number of aryl methyl sites for hydroxylation is 1. The van der Waals surface area contributed by atoms with Gasteiger partial charge in [-0.15, -0.1) is 0 Å². The molecule has 0 bridgehead atoms. The minimum absolute atomic E-state index is 0.0183. The van der Waals surface area contributed by atoms with E-state index < -0.39 is 10.0 Å². The van der Waals surface area contributed by atoms with Gasteiger partial charge in [-0.2, -0.15) is 4.31 Å². The van der Waals surface area contributed by atoms with E-state index >= 15 is 0 Å². The highest BCUT2D eigenvalue weighted by Crippen LogP contribution is 2.30. The zero-order chi connectivity index (χ0) is 19.9. The third-order valence-corrected chi connectivity index (χ3v) is 7.83. The van der Waals surface area contributed by atoms with Crippen LogP contribution in [0.5, 0.6) is 0 Å². The normalized spacial score (nSPS) is 20.9.